The van der Waals surface area contributed by atoms with Gasteiger partial charge in [-0.15, -0.1) is 0 Å². The van der Waals surface area contributed by atoms with Gasteiger partial charge in [-0.25, -0.2) is 0 Å². The lowest BCUT2D eigenvalue weighted by molar-refractivity contribution is 0.461. The molecule has 32 heavy (non-hydrogen) atoms. The van der Waals surface area contributed by atoms with Gasteiger partial charge >= 0.3 is 0 Å². The van der Waals surface area contributed by atoms with Gasteiger partial charge in [-0.3, -0.25) is 0 Å². The average molecular weight is 428 g/mol. The zero-order valence-electron chi connectivity index (χ0n) is 18.2. The highest BCUT2D eigenvalue weighted by atomic mass is 16.5. The van der Waals surface area contributed by atoms with Crippen molar-refractivity contribution in [2.24, 2.45) is 0 Å². The van der Waals surface area contributed by atoms with Crippen LogP contribution in [0.25, 0.3) is 0 Å². The van der Waals surface area contributed by atoms with Gasteiger partial charge in [-0.05, 0) is 79.9 Å². The molecular formula is C27H25NO4. The maximum absolute atomic E-state index is 10.2. The minimum absolute atomic E-state index is 0.140. The number of aromatic hydroxyl groups is 3. The van der Waals surface area contributed by atoms with Crippen LogP contribution in [0.3, 0.4) is 0 Å². The van der Waals surface area contributed by atoms with E-state index in [4.69, 9.17) is 4.74 Å². The number of phenols is 3. The van der Waals surface area contributed by atoms with E-state index >= 15 is 0 Å². The Morgan fingerprint density at radius 1 is 0.594 bits per heavy atom. The van der Waals surface area contributed by atoms with Crippen molar-refractivity contribution < 1.29 is 20.1 Å². The molecule has 3 N–H and O–H groups in total. The second-order valence-corrected chi connectivity index (χ2v) is 7.80. The molecule has 0 fully saturated rings. The molecule has 0 heterocycles. The number of ether oxygens (including phenoxy) is 1. The lowest BCUT2D eigenvalue weighted by Gasteiger charge is -2.30. The van der Waals surface area contributed by atoms with Gasteiger partial charge in [0.25, 0.3) is 0 Å². The van der Waals surface area contributed by atoms with E-state index in [1.807, 2.05) is 62.1 Å². The van der Waals surface area contributed by atoms with Gasteiger partial charge in [0.15, 0.2) is 5.75 Å². The Kier molecular flexibility index (Phi) is 5.65. The van der Waals surface area contributed by atoms with Crippen molar-refractivity contribution in [3.8, 4) is 28.7 Å². The quantitative estimate of drug-likeness (QED) is 0.320. The normalized spacial score (nSPS) is 10.7. The molecule has 5 nitrogen and oxygen atoms in total. The zero-order valence-corrected chi connectivity index (χ0v) is 18.2. The first-order valence-electron chi connectivity index (χ1n) is 10.3. The maximum atomic E-state index is 10.2. The van der Waals surface area contributed by atoms with Crippen LogP contribution in [0.5, 0.6) is 28.7 Å². The summed E-state index contributed by atoms with van der Waals surface area (Å²) in [5, 5.41) is 30.3. The Morgan fingerprint density at radius 2 is 1.19 bits per heavy atom. The van der Waals surface area contributed by atoms with Crippen LogP contribution in [-0.2, 0) is 0 Å². The summed E-state index contributed by atoms with van der Waals surface area (Å²) < 4.78 is 6.23. The fourth-order valence-corrected chi connectivity index (χ4v) is 3.61. The summed E-state index contributed by atoms with van der Waals surface area (Å²) in [6.07, 6.45) is 0. The van der Waals surface area contributed by atoms with Crippen molar-refractivity contribution in [3.63, 3.8) is 0 Å². The Bertz CT molecular complexity index is 1230. The van der Waals surface area contributed by atoms with Gasteiger partial charge in [0.2, 0.25) is 0 Å². The van der Waals surface area contributed by atoms with E-state index in [9.17, 15) is 15.3 Å². The molecule has 0 unspecified atom stereocenters. The van der Waals surface area contributed by atoms with E-state index in [1.165, 1.54) is 0 Å². The predicted molar refractivity (Wildman–Crippen MR) is 127 cm³/mol. The van der Waals surface area contributed by atoms with Gasteiger partial charge in [-0.1, -0.05) is 24.3 Å². The van der Waals surface area contributed by atoms with Crippen LogP contribution in [0, 0.1) is 20.8 Å². The molecule has 0 aromatic heterocycles. The molecule has 0 aliphatic carbocycles. The summed E-state index contributed by atoms with van der Waals surface area (Å²) in [6.45, 7) is 5.74. The molecular weight excluding hydrogens is 402 g/mol. The molecule has 4 rings (SSSR count). The second-order valence-electron chi connectivity index (χ2n) is 7.80. The SMILES string of the molecule is Cc1cc(Oc2ccccc2N(c2cc(O)ccc2C)c2cc(O)ccc2C)ccc1O. The smallest absolute Gasteiger partial charge is 0.151 e. The highest BCUT2D eigenvalue weighted by Crippen LogP contribution is 2.45. The van der Waals surface area contributed by atoms with Crippen LogP contribution < -0.4 is 9.64 Å². The van der Waals surface area contributed by atoms with E-state index in [0.717, 1.165) is 28.2 Å². The monoisotopic (exact) mass is 427 g/mol. The van der Waals surface area contributed by atoms with Crippen LogP contribution in [0.4, 0.5) is 17.1 Å². The summed E-state index contributed by atoms with van der Waals surface area (Å²) in [6, 6.07) is 23.1. The van der Waals surface area contributed by atoms with Gasteiger partial charge in [0, 0.05) is 12.1 Å². The van der Waals surface area contributed by atoms with E-state index in [-0.39, 0.29) is 17.2 Å². The van der Waals surface area contributed by atoms with E-state index in [1.54, 1.807) is 42.5 Å². The standard InChI is InChI=1S/C27H25NO4/c1-17-8-10-20(29)15-24(17)28(25-16-21(30)11-9-18(25)2)23-6-4-5-7-27(23)32-22-12-13-26(31)19(3)14-22/h4-16,29-31H,1-3H3. The van der Waals surface area contributed by atoms with Crippen molar-refractivity contribution in [2.75, 3.05) is 4.90 Å². The topological polar surface area (TPSA) is 73.2 Å². The lowest BCUT2D eigenvalue weighted by Crippen LogP contribution is -2.13. The molecule has 4 aromatic carbocycles. The van der Waals surface area contributed by atoms with Crippen molar-refractivity contribution in [1.29, 1.82) is 0 Å². The van der Waals surface area contributed by atoms with Crippen molar-refractivity contribution in [1.82, 2.24) is 0 Å². The van der Waals surface area contributed by atoms with Crippen molar-refractivity contribution >= 4 is 17.1 Å². The highest BCUT2D eigenvalue weighted by Gasteiger charge is 2.21. The van der Waals surface area contributed by atoms with Crippen LogP contribution in [-0.4, -0.2) is 15.3 Å². The Hall–Kier alpha value is -4.12. The van der Waals surface area contributed by atoms with Crippen LogP contribution in [0.1, 0.15) is 16.7 Å². The number of anilines is 3. The molecule has 0 bridgehead atoms. The summed E-state index contributed by atoms with van der Waals surface area (Å²) in [5.74, 6) is 1.66. The number of hydrogen-bond acceptors (Lipinski definition) is 5. The molecule has 5 heteroatoms. The number of benzene rings is 4. The molecule has 0 aliphatic heterocycles. The van der Waals surface area contributed by atoms with Crippen LogP contribution >= 0.6 is 0 Å². The zero-order chi connectivity index (χ0) is 22.8. The van der Waals surface area contributed by atoms with Crippen LogP contribution in [0.2, 0.25) is 0 Å². The third-order valence-electron chi connectivity index (χ3n) is 5.37. The number of phenolic OH excluding ortho intramolecular Hbond substituents is 3. The number of nitrogens with zero attached hydrogens (tertiary/aromatic N) is 1. The largest absolute Gasteiger partial charge is 0.508 e. The molecule has 0 atom stereocenters. The fraction of sp³-hybridized carbons (Fsp3) is 0.111. The minimum Gasteiger partial charge on any atom is -0.508 e. The molecule has 0 spiro atoms. The van der Waals surface area contributed by atoms with Crippen LogP contribution in [0.15, 0.2) is 78.9 Å². The fourth-order valence-electron chi connectivity index (χ4n) is 3.61. The molecule has 162 valence electrons. The summed E-state index contributed by atoms with van der Waals surface area (Å²) in [4.78, 5) is 1.96. The molecule has 0 aliphatic rings. The number of aryl methyl sites for hydroxylation is 3. The third-order valence-corrected chi connectivity index (χ3v) is 5.37. The first-order valence-corrected chi connectivity index (χ1v) is 10.3. The molecule has 0 amide bonds. The minimum atomic E-state index is 0.140. The summed E-state index contributed by atoms with van der Waals surface area (Å²) in [7, 11) is 0. The number of hydrogen-bond donors (Lipinski definition) is 3. The first-order chi connectivity index (χ1) is 15.3. The van der Waals surface area contributed by atoms with Crippen molar-refractivity contribution in [3.05, 3.63) is 95.6 Å². The maximum Gasteiger partial charge on any atom is 0.151 e. The summed E-state index contributed by atoms with van der Waals surface area (Å²) >= 11 is 0. The predicted octanol–water partition coefficient (Wildman–Crippen LogP) is 6.99. The molecule has 0 saturated carbocycles. The van der Waals surface area contributed by atoms with Gasteiger partial charge in [0.05, 0.1) is 17.1 Å². The third kappa shape index (κ3) is 4.18. The summed E-state index contributed by atoms with van der Waals surface area (Å²) in [5.41, 5.74) is 4.86. The number of rotatable bonds is 5. The number of para-hydroxylation sites is 2. The van der Waals surface area contributed by atoms with Gasteiger partial charge in [-0.2, -0.15) is 0 Å². The Labute approximate surface area is 187 Å². The Balaban J connectivity index is 1.92. The molecule has 0 radical (unpaired) electrons. The molecule has 0 saturated heterocycles. The van der Waals surface area contributed by atoms with E-state index in [0.29, 0.717) is 17.1 Å². The average Bonchev–Trinajstić information content (AvgIpc) is 2.77. The first kappa shape index (κ1) is 21.1. The lowest BCUT2D eigenvalue weighted by atomic mass is 10.1. The second kappa shape index (κ2) is 8.55. The van der Waals surface area contributed by atoms with Gasteiger partial charge in [0.1, 0.15) is 23.0 Å². The van der Waals surface area contributed by atoms with Crippen molar-refractivity contribution in [2.45, 2.75) is 20.8 Å². The molecule has 4 aromatic rings. The van der Waals surface area contributed by atoms with Gasteiger partial charge < -0.3 is 25.0 Å². The Morgan fingerprint density at radius 3 is 1.78 bits per heavy atom. The van der Waals surface area contributed by atoms with E-state index < -0.39 is 0 Å². The van der Waals surface area contributed by atoms with E-state index in [2.05, 4.69) is 0 Å². The highest BCUT2D eigenvalue weighted by molar-refractivity contribution is 5.84.